The van der Waals surface area contributed by atoms with Crippen molar-refractivity contribution in [3.63, 3.8) is 0 Å². The second-order valence-electron chi connectivity index (χ2n) is 5.57. The fraction of sp³-hybridized carbons (Fsp3) is 0.467. The molecule has 1 amide bonds. The van der Waals surface area contributed by atoms with Crippen molar-refractivity contribution in [2.75, 3.05) is 0 Å². The minimum absolute atomic E-state index is 0.207. The zero-order valence-electron chi connectivity index (χ0n) is 12.5. The topological polar surface area (TPSA) is 84.9 Å². The minimum Gasteiger partial charge on any atom is -0.442 e. The van der Waals surface area contributed by atoms with Crippen molar-refractivity contribution in [1.29, 1.82) is 0 Å². The van der Waals surface area contributed by atoms with Crippen LogP contribution < -0.4 is 5.48 Å². The third-order valence-electron chi connectivity index (χ3n) is 2.46. The highest BCUT2D eigenvalue weighted by atomic mass is 16.7. The van der Waals surface area contributed by atoms with Crippen LogP contribution in [0.3, 0.4) is 0 Å². The van der Waals surface area contributed by atoms with Gasteiger partial charge in [-0.15, -0.1) is 5.48 Å². The van der Waals surface area contributed by atoms with Gasteiger partial charge in [0.15, 0.2) is 6.10 Å². The van der Waals surface area contributed by atoms with Crippen LogP contribution in [-0.2, 0) is 20.8 Å². The van der Waals surface area contributed by atoms with Gasteiger partial charge < -0.3 is 14.7 Å². The van der Waals surface area contributed by atoms with Crippen LogP contribution in [0.15, 0.2) is 30.3 Å². The van der Waals surface area contributed by atoms with Crippen LogP contribution in [0.2, 0.25) is 0 Å². The SMILES string of the molecule is CC(C)(C)OC(=O)NOC(=O)C(O)CCc1ccccc1. The molecule has 21 heavy (non-hydrogen) atoms. The van der Waals surface area contributed by atoms with Crippen LogP contribution in [0.5, 0.6) is 0 Å². The molecular weight excluding hydrogens is 274 g/mol. The van der Waals surface area contributed by atoms with E-state index in [9.17, 15) is 14.7 Å². The maximum absolute atomic E-state index is 11.5. The third kappa shape index (κ3) is 7.31. The van der Waals surface area contributed by atoms with Crippen molar-refractivity contribution in [2.24, 2.45) is 0 Å². The van der Waals surface area contributed by atoms with Crippen molar-refractivity contribution in [3.8, 4) is 0 Å². The summed E-state index contributed by atoms with van der Waals surface area (Å²) in [5, 5.41) is 9.66. The number of carbonyl (C=O) groups is 2. The van der Waals surface area contributed by atoms with E-state index in [1.165, 1.54) is 0 Å². The lowest BCUT2D eigenvalue weighted by atomic mass is 10.1. The highest BCUT2D eigenvalue weighted by Crippen LogP contribution is 2.07. The number of rotatable bonds is 4. The van der Waals surface area contributed by atoms with E-state index in [0.29, 0.717) is 6.42 Å². The van der Waals surface area contributed by atoms with Gasteiger partial charge in [-0.05, 0) is 39.2 Å². The Labute approximate surface area is 124 Å². The number of aryl methyl sites for hydroxylation is 1. The van der Waals surface area contributed by atoms with Gasteiger partial charge in [0.25, 0.3) is 0 Å². The van der Waals surface area contributed by atoms with Crippen LogP contribution >= 0.6 is 0 Å². The second kappa shape index (κ2) is 7.64. The standard InChI is InChI=1S/C15H21NO5/c1-15(2,3)20-14(19)16-21-13(18)12(17)10-9-11-7-5-4-6-8-11/h4-8,12,17H,9-10H2,1-3H3,(H,16,19). The second-order valence-corrected chi connectivity index (χ2v) is 5.57. The summed E-state index contributed by atoms with van der Waals surface area (Å²) in [6, 6.07) is 9.45. The minimum atomic E-state index is -1.31. The molecule has 0 aliphatic carbocycles. The Hall–Kier alpha value is -2.08. The molecule has 1 atom stereocenters. The summed E-state index contributed by atoms with van der Waals surface area (Å²) in [6.45, 7) is 5.05. The summed E-state index contributed by atoms with van der Waals surface area (Å²) in [7, 11) is 0. The Kier molecular flexibility index (Phi) is 6.17. The number of hydrogen-bond donors (Lipinski definition) is 2. The molecule has 1 rings (SSSR count). The van der Waals surface area contributed by atoms with E-state index < -0.39 is 23.8 Å². The molecule has 0 bridgehead atoms. The fourth-order valence-corrected chi connectivity index (χ4v) is 1.52. The Morgan fingerprint density at radius 3 is 2.43 bits per heavy atom. The zero-order valence-corrected chi connectivity index (χ0v) is 12.5. The van der Waals surface area contributed by atoms with Crippen molar-refractivity contribution in [2.45, 2.75) is 45.3 Å². The smallest absolute Gasteiger partial charge is 0.441 e. The molecule has 0 aliphatic rings. The summed E-state index contributed by atoms with van der Waals surface area (Å²) < 4.78 is 4.89. The van der Waals surface area contributed by atoms with Crippen molar-refractivity contribution in [3.05, 3.63) is 35.9 Å². The highest BCUT2D eigenvalue weighted by molar-refractivity contribution is 5.76. The molecule has 0 aromatic heterocycles. The molecule has 0 aliphatic heterocycles. The number of ether oxygens (including phenoxy) is 1. The summed E-state index contributed by atoms with van der Waals surface area (Å²) in [6.07, 6.45) is -1.45. The number of carbonyl (C=O) groups excluding carboxylic acids is 2. The van der Waals surface area contributed by atoms with E-state index in [0.717, 1.165) is 5.56 Å². The molecule has 6 heteroatoms. The van der Waals surface area contributed by atoms with E-state index in [2.05, 4.69) is 4.84 Å². The summed E-state index contributed by atoms with van der Waals surface area (Å²) >= 11 is 0. The number of aliphatic hydroxyl groups is 1. The van der Waals surface area contributed by atoms with Gasteiger partial charge in [0, 0.05) is 0 Å². The maximum atomic E-state index is 11.5. The number of nitrogens with one attached hydrogen (secondary N) is 1. The largest absolute Gasteiger partial charge is 0.442 e. The molecule has 0 fully saturated rings. The number of aliphatic hydroxyl groups excluding tert-OH is 1. The lowest BCUT2D eigenvalue weighted by molar-refractivity contribution is -0.160. The third-order valence-corrected chi connectivity index (χ3v) is 2.46. The Balaban J connectivity index is 2.30. The first kappa shape index (κ1) is 17.0. The molecule has 0 saturated carbocycles. The quantitative estimate of drug-likeness (QED) is 0.829. The monoisotopic (exact) mass is 295 g/mol. The van der Waals surface area contributed by atoms with Gasteiger partial charge in [0.05, 0.1) is 0 Å². The average Bonchev–Trinajstić information content (AvgIpc) is 2.41. The van der Waals surface area contributed by atoms with Crippen LogP contribution in [0, 0.1) is 0 Å². The van der Waals surface area contributed by atoms with E-state index in [1.807, 2.05) is 35.8 Å². The van der Waals surface area contributed by atoms with E-state index >= 15 is 0 Å². The molecule has 1 unspecified atom stereocenters. The van der Waals surface area contributed by atoms with Crippen LogP contribution in [0.4, 0.5) is 4.79 Å². The van der Waals surface area contributed by atoms with Crippen molar-refractivity contribution < 1.29 is 24.3 Å². The summed E-state index contributed by atoms with van der Waals surface area (Å²) in [4.78, 5) is 27.3. The molecular formula is C15H21NO5. The first-order valence-corrected chi connectivity index (χ1v) is 6.69. The molecule has 0 saturated heterocycles. The van der Waals surface area contributed by atoms with Gasteiger partial charge in [-0.3, -0.25) is 0 Å². The van der Waals surface area contributed by atoms with Crippen molar-refractivity contribution >= 4 is 12.1 Å². The maximum Gasteiger partial charge on any atom is 0.441 e. The normalized spacial score (nSPS) is 12.4. The average molecular weight is 295 g/mol. The first-order chi connectivity index (χ1) is 9.78. The number of hydroxylamine groups is 1. The lowest BCUT2D eigenvalue weighted by Gasteiger charge is -2.19. The first-order valence-electron chi connectivity index (χ1n) is 6.69. The van der Waals surface area contributed by atoms with Gasteiger partial charge >= 0.3 is 12.1 Å². The number of benzene rings is 1. The Morgan fingerprint density at radius 1 is 1.24 bits per heavy atom. The summed E-state index contributed by atoms with van der Waals surface area (Å²) in [5.41, 5.74) is 2.16. The Morgan fingerprint density at radius 2 is 1.86 bits per heavy atom. The van der Waals surface area contributed by atoms with Gasteiger partial charge in [-0.25, -0.2) is 9.59 Å². The van der Waals surface area contributed by atoms with Gasteiger partial charge in [0.2, 0.25) is 0 Å². The molecule has 0 radical (unpaired) electrons. The molecule has 0 heterocycles. The molecule has 2 N–H and O–H groups in total. The highest BCUT2D eigenvalue weighted by Gasteiger charge is 2.21. The molecule has 0 spiro atoms. The van der Waals surface area contributed by atoms with Gasteiger partial charge in [-0.2, -0.15) is 0 Å². The van der Waals surface area contributed by atoms with E-state index in [1.54, 1.807) is 20.8 Å². The fourth-order valence-electron chi connectivity index (χ4n) is 1.52. The molecule has 6 nitrogen and oxygen atoms in total. The molecule has 116 valence electrons. The van der Waals surface area contributed by atoms with Gasteiger partial charge in [-0.1, -0.05) is 30.3 Å². The van der Waals surface area contributed by atoms with Crippen LogP contribution in [0.25, 0.3) is 0 Å². The van der Waals surface area contributed by atoms with Crippen molar-refractivity contribution in [1.82, 2.24) is 5.48 Å². The predicted octanol–water partition coefficient (Wildman–Crippen LogP) is 1.96. The number of hydrogen-bond acceptors (Lipinski definition) is 5. The lowest BCUT2D eigenvalue weighted by Crippen LogP contribution is -2.37. The van der Waals surface area contributed by atoms with E-state index in [-0.39, 0.29) is 6.42 Å². The number of amides is 1. The zero-order chi connectivity index (χ0) is 15.9. The van der Waals surface area contributed by atoms with Gasteiger partial charge in [0.1, 0.15) is 5.60 Å². The Bertz CT molecular complexity index is 467. The molecule has 1 aromatic rings. The van der Waals surface area contributed by atoms with E-state index in [4.69, 9.17) is 4.74 Å². The van der Waals surface area contributed by atoms with Crippen LogP contribution in [0.1, 0.15) is 32.8 Å². The molecule has 1 aromatic carbocycles. The van der Waals surface area contributed by atoms with Crippen LogP contribution in [-0.4, -0.2) is 28.9 Å². The summed E-state index contributed by atoms with van der Waals surface area (Å²) in [5.74, 6) is -0.920. The predicted molar refractivity (Wildman–Crippen MR) is 76.2 cm³/mol.